The van der Waals surface area contributed by atoms with Crippen LogP contribution in [0.5, 0.6) is 0 Å². The van der Waals surface area contributed by atoms with Crippen molar-refractivity contribution in [3.8, 4) is 0 Å². The maximum atomic E-state index is 12.1. The quantitative estimate of drug-likeness (QED) is 0.569. The van der Waals surface area contributed by atoms with Crippen molar-refractivity contribution in [2.24, 2.45) is 5.92 Å². The van der Waals surface area contributed by atoms with E-state index >= 15 is 0 Å². The molecule has 0 bridgehead atoms. The van der Waals surface area contributed by atoms with Crippen molar-refractivity contribution in [1.82, 2.24) is 5.32 Å². The van der Waals surface area contributed by atoms with E-state index in [-0.39, 0.29) is 12.5 Å². The van der Waals surface area contributed by atoms with E-state index in [1.54, 1.807) is 24.3 Å². The molecule has 0 aliphatic rings. The number of sulfonamides is 1. The first-order valence-corrected chi connectivity index (χ1v) is 11.5. The third kappa shape index (κ3) is 7.96. The highest BCUT2D eigenvalue weighted by Gasteiger charge is 2.19. The summed E-state index contributed by atoms with van der Waals surface area (Å²) in [5, 5.41) is 3.35. The van der Waals surface area contributed by atoms with Crippen LogP contribution in [0.25, 0.3) is 0 Å². The Kier molecular flexibility index (Phi) is 10.0. The second kappa shape index (κ2) is 11.4. The highest BCUT2D eigenvalue weighted by Crippen LogP contribution is 2.27. The largest absolute Gasteiger partial charge is 0.356 e. The molecule has 7 heteroatoms. The zero-order valence-electron chi connectivity index (χ0n) is 16.0. The Hall–Kier alpha value is -1.27. The van der Waals surface area contributed by atoms with Gasteiger partial charge < -0.3 is 5.32 Å². The zero-order chi connectivity index (χ0) is 19.6. The molecule has 0 radical (unpaired) electrons. The number of carbonyl (C=O) groups is 1. The van der Waals surface area contributed by atoms with Gasteiger partial charge in [-0.25, -0.2) is 8.42 Å². The molecule has 0 unspecified atom stereocenters. The summed E-state index contributed by atoms with van der Waals surface area (Å²) in [6.07, 6.45) is 6.40. The molecular weight excluding hydrogens is 372 g/mol. The average molecular weight is 403 g/mol. The predicted molar refractivity (Wildman–Crippen MR) is 109 cm³/mol. The van der Waals surface area contributed by atoms with Gasteiger partial charge in [0.15, 0.2) is 0 Å². The van der Waals surface area contributed by atoms with E-state index in [2.05, 4.69) is 19.2 Å². The van der Waals surface area contributed by atoms with Gasteiger partial charge in [0.05, 0.1) is 17.0 Å². The Morgan fingerprint density at radius 3 is 2.50 bits per heavy atom. The molecule has 0 aromatic heterocycles. The molecule has 1 aromatic carbocycles. The van der Waals surface area contributed by atoms with Gasteiger partial charge in [-0.1, -0.05) is 56.8 Å². The van der Waals surface area contributed by atoms with Gasteiger partial charge in [0.1, 0.15) is 0 Å². The van der Waals surface area contributed by atoms with Gasteiger partial charge in [-0.15, -0.1) is 0 Å². The molecule has 5 nitrogen and oxygen atoms in total. The fourth-order valence-electron chi connectivity index (χ4n) is 2.79. The van der Waals surface area contributed by atoms with Crippen molar-refractivity contribution in [3.05, 3.63) is 29.3 Å². The molecule has 0 fully saturated rings. The number of anilines is 1. The van der Waals surface area contributed by atoms with Gasteiger partial charge in [0, 0.05) is 19.5 Å². The summed E-state index contributed by atoms with van der Waals surface area (Å²) >= 11 is 6.12. The number of amides is 1. The maximum Gasteiger partial charge on any atom is 0.232 e. The Morgan fingerprint density at radius 1 is 1.23 bits per heavy atom. The van der Waals surface area contributed by atoms with Crippen LogP contribution in [-0.2, 0) is 14.8 Å². The minimum absolute atomic E-state index is 0.0347. The average Bonchev–Trinajstić information content (AvgIpc) is 2.59. The van der Waals surface area contributed by atoms with Crippen LogP contribution in [0, 0.1) is 5.92 Å². The van der Waals surface area contributed by atoms with E-state index in [4.69, 9.17) is 11.6 Å². The first-order valence-electron chi connectivity index (χ1n) is 9.28. The molecule has 1 atom stereocenters. The molecule has 0 saturated carbocycles. The van der Waals surface area contributed by atoms with Crippen LogP contribution in [0.2, 0.25) is 5.02 Å². The number of benzene rings is 1. The fraction of sp³-hybridized carbons (Fsp3) is 0.632. The van der Waals surface area contributed by atoms with E-state index in [0.717, 1.165) is 25.5 Å². The lowest BCUT2D eigenvalue weighted by atomic mass is 9.99. The van der Waals surface area contributed by atoms with Gasteiger partial charge in [-0.2, -0.15) is 0 Å². The number of halogens is 1. The summed E-state index contributed by atoms with van der Waals surface area (Å²) in [7, 11) is -3.46. The molecule has 0 aliphatic carbocycles. The lowest BCUT2D eigenvalue weighted by molar-refractivity contribution is -0.121. The van der Waals surface area contributed by atoms with Crippen LogP contribution in [0.1, 0.15) is 52.4 Å². The highest BCUT2D eigenvalue weighted by atomic mass is 35.5. The number of nitrogens with zero attached hydrogens (tertiary/aromatic N) is 1. The summed E-state index contributed by atoms with van der Waals surface area (Å²) in [5.74, 6) is 0.474. The van der Waals surface area contributed by atoms with Crippen molar-refractivity contribution in [2.75, 3.05) is 23.7 Å². The van der Waals surface area contributed by atoms with Gasteiger partial charge in [-0.05, 0) is 30.9 Å². The predicted octanol–water partition coefficient (Wildman–Crippen LogP) is 4.22. The normalized spacial score (nSPS) is 12.6. The van der Waals surface area contributed by atoms with Crippen LogP contribution in [-0.4, -0.2) is 33.7 Å². The van der Waals surface area contributed by atoms with E-state index in [9.17, 15) is 13.2 Å². The SMILES string of the molecule is CCCC[C@@H](CC)CNC(=O)CCCN(c1ccccc1Cl)S(C)(=O)=O. The first-order chi connectivity index (χ1) is 12.3. The first kappa shape index (κ1) is 22.8. The molecule has 1 aromatic rings. The van der Waals surface area contributed by atoms with Gasteiger partial charge in [-0.3, -0.25) is 9.10 Å². The van der Waals surface area contributed by atoms with Crippen LogP contribution < -0.4 is 9.62 Å². The molecule has 1 rings (SSSR count). The minimum atomic E-state index is -3.46. The fourth-order valence-corrected chi connectivity index (χ4v) is 4.06. The summed E-state index contributed by atoms with van der Waals surface area (Å²) in [5.41, 5.74) is 0.447. The van der Waals surface area contributed by atoms with Crippen LogP contribution in [0.4, 0.5) is 5.69 Å². The lowest BCUT2D eigenvalue weighted by Crippen LogP contribution is -2.33. The van der Waals surface area contributed by atoms with Crippen molar-refractivity contribution in [3.63, 3.8) is 0 Å². The van der Waals surface area contributed by atoms with Gasteiger partial charge >= 0.3 is 0 Å². The number of nitrogens with one attached hydrogen (secondary N) is 1. The van der Waals surface area contributed by atoms with Crippen molar-refractivity contribution < 1.29 is 13.2 Å². The molecular formula is C19H31ClN2O3S. The summed E-state index contributed by atoms with van der Waals surface area (Å²) in [6.45, 7) is 5.22. The van der Waals surface area contributed by atoms with E-state index in [1.165, 1.54) is 10.7 Å². The minimum Gasteiger partial charge on any atom is -0.356 e. The number of hydrogen-bond donors (Lipinski definition) is 1. The zero-order valence-corrected chi connectivity index (χ0v) is 17.6. The number of hydrogen-bond acceptors (Lipinski definition) is 3. The monoisotopic (exact) mass is 402 g/mol. The number of para-hydroxylation sites is 1. The topological polar surface area (TPSA) is 66.5 Å². The summed E-state index contributed by atoms with van der Waals surface area (Å²) in [4.78, 5) is 12.1. The van der Waals surface area contributed by atoms with Crippen molar-refractivity contribution in [1.29, 1.82) is 0 Å². The molecule has 0 heterocycles. The van der Waals surface area contributed by atoms with Crippen LogP contribution in [0.3, 0.4) is 0 Å². The Morgan fingerprint density at radius 2 is 1.92 bits per heavy atom. The Labute approximate surface area is 163 Å². The molecule has 148 valence electrons. The summed E-state index contributed by atoms with van der Waals surface area (Å²) < 4.78 is 25.4. The van der Waals surface area contributed by atoms with E-state index < -0.39 is 10.0 Å². The van der Waals surface area contributed by atoms with E-state index in [0.29, 0.717) is 36.0 Å². The molecule has 1 N–H and O–H groups in total. The third-order valence-electron chi connectivity index (χ3n) is 4.42. The van der Waals surface area contributed by atoms with E-state index in [1.807, 2.05) is 0 Å². The molecule has 26 heavy (non-hydrogen) atoms. The molecule has 1 amide bonds. The van der Waals surface area contributed by atoms with Crippen LogP contribution >= 0.6 is 11.6 Å². The molecule has 0 spiro atoms. The number of carbonyl (C=O) groups excluding carboxylic acids is 1. The number of unbranched alkanes of at least 4 members (excludes halogenated alkanes) is 1. The second-order valence-electron chi connectivity index (χ2n) is 6.61. The van der Waals surface area contributed by atoms with Crippen molar-refractivity contribution in [2.45, 2.75) is 52.4 Å². The Balaban J connectivity index is 2.53. The van der Waals surface area contributed by atoms with Gasteiger partial charge in [0.2, 0.25) is 15.9 Å². The summed E-state index contributed by atoms with van der Waals surface area (Å²) in [6, 6.07) is 6.82. The lowest BCUT2D eigenvalue weighted by Gasteiger charge is -2.23. The second-order valence-corrected chi connectivity index (χ2v) is 8.92. The Bertz CT molecular complexity index is 665. The third-order valence-corrected chi connectivity index (χ3v) is 5.92. The van der Waals surface area contributed by atoms with Crippen LogP contribution in [0.15, 0.2) is 24.3 Å². The smallest absolute Gasteiger partial charge is 0.232 e. The van der Waals surface area contributed by atoms with Gasteiger partial charge in [0.25, 0.3) is 0 Å². The standard InChI is InChI=1S/C19H31ClN2O3S/c1-4-6-10-16(5-2)15-21-19(23)13-9-14-22(26(3,24)25)18-12-8-7-11-17(18)20/h7-8,11-12,16H,4-6,9-10,13-15H2,1-3H3,(H,21,23)/t16-/m1/s1. The molecule has 0 aliphatic heterocycles. The number of rotatable bonds is 12. The molecule has 0 saturated heterocycles. The van der Waals surface area contributed by atoms with Crippen molar-refractivity contribution >= 4 is 33.2 Å². The highest BCUT2D eigenvalue weighted by molar-refractivity contribution is 7.92. The maximum absolute atomic E-state index is 12.1.